The molecule has 216 valence electrons. The summed E-state index contributed by atoms with van der Waals surface area (Å²) < 4.78 is 16.7. The van der Waals surface area contributed by atoms with Gasteiger partial charge in [-0.15, -0.1) is 0 Å². The van der Waals surface area contributed by atoms with Crippen LogP contribution in [0.15, 0.2) is 72.8 Å². The van der Waals surface area contributed by atoms with Gasteiger partial charge in [-0.1, -0.05) is 42.0 Å². The number of anilines is 3. The number of para-hydroxylation sites is 1. The molecule has 1 heterocycles. The molecule has 1 aliphatic heterocycles. The third-order valence-electron chi connectivity index (χ3n) is 6.72. The molecule has 10 heteroatoms. The van der Waals surface area contributed by atoms with Crippen molar-refractivity contribution in [2.45, 2.75) is 39.0 Å². The monoisotopic (exact) mass is 560 g/mol. The second kappa shape index (κ2) is 13.3. The smallest absolute Gasteiger partial charge is 0.320 e. The van der Waals surface area contributed by atoms with Gasteiger partial charge in [-0.05, 0) is 51.1 Å². The normalized spacial score (nSPS) is 15.9. The Morgan fingerprint density at radius 1 is 0.902 bits per heavy atom. The van der Waals surface area contributed by atoms with Crippen LogP contribution in [-0.2, 0) is 24.6 Å². The maximum absolute atomic E-state index is 14.3. The molecule has 1 aliphatic rings. The number of rotatable bonds is 12. The van der Waals surface area contributed by atoms with Crippen LogP contribution < -0.4 is 25.6 Å². The number of methoxy groups -OCH3 is 1. The molecule has 1 atom stereocenters. The molecule has 4 rings (SSSR count). The number of fused-ring (bicyclic) bond motifs is 1. The molecule has 0 saturated heterocycles. The number of urea groups is 1. The van der Waals surface area contributed by atoms with Crippen molar-refractivity contribution >= 4 is 34.9 Å². The number of nitrogens with zero attached hydrogens (tertiary/aromatic N) is 1. The summed E-state index contributed by atoms with van der Waals surface area (Å²) in [6, 6.07) is 20.6. The highest BCUT2D eigenvalue weighted by atomic mass is 16.7. The molecule has 0 bridgehead atoms. The van der Waals surface area contributed by atoms with E-state index in [1.165, 1.54) is 12.0 Å². The van der Waals surface area contributed by atoms with Gasteiger partial charge in [0.05, 0.1) is 25.8 Å². The fourth-order valence-corrected chi connectivity index (χ4v) is 4.86. The van der Waals surface area contributed by atoms with Crippen LogP contribution in [0.25, 0.3) is 0 Å². The lowest BCUT2D eigenvalue weighted by atomic mass is 9.87. The highest BCUT2D eigenvalue weighted by molar-refractivity contribution is 6.12. The first kappa shape index (κ1) is 29.6. The number of benzene rings is 3. The number of carbonyl (C=O) groups excluding carboxylic acids is 3. The molecule has 1 unspecified atom stereocenters. The Morgan fingerprint density at radius 3 is 2.29 bits per heavy atom. The van der Waals surface area contributed by atoms with Crippen molar-refractivity contribution in [3.05, 3.63) is 83.9 Å². The van der Waals surface area contributed by atoms with Crippen LogP contribution in [0.2, 0.25) is 0 Å². The number of carbonyl (C=O) groups is 3. The number of hydrogen-bond acceptors (Lipinski definition) is 6. The van der Waals surface area contributed by atoms with Crippen molar-refractivity contribution in [2.75, 3.05) is 42.4 Å². The van der Waals surface area contributed by atoms with Gasteiger partial charge in [0.1, 0.15) is 5.75 Å². The van der Waals surface area contributed by atoms with Gasteiger partial charge in [-0.2, -0.15) is 0 Å². The number of aryl methyl sites for hydroxylation is 1. The summed E-state index contributed by atoms with van der Waals surface area (Å²) in [6.07, 6.45) is -1.03. The quantitative estimate of drug-likeness (QED) is 0.274. The summed E-state index contributed by atoms with van der Waals surface area (Å²) in [5.41, 5.74) is 1.45. The van der Waals surface area contributed by atoms with Crippen molar-refractivity contribution in [3.63, 3.8) is 0 Å². The molecule has 0 aliphatic carbocycles. The van der Waals surface area contributed by atoms with E-state index in [1.54, 1.807) is 60.7 Å². The molecule has 3 aromatic rings. The van der Waals surface area contributed by atoms with Gasteiger partial charge in [0, 0.05) is 36.2 Å². The van der Waals surface area contributed by atoms with Gasteiger partial charge >= 0.3 is 6.03 Å². The summed E-state index contributed by atoms with van der Waals surface area (Å²) in [5.74, 6) is -0.351. The fraction of sp³-hybridized carbons (Fsp3) is 0.323. The zero-order chi connectivity index (χ0) is 29.4. The van der Waals surface area contributed by atoms with Crippen molar-refractivity contribution in [2.24, 2.45) is 0 Å². The molecule has 10 nitrogen and oxygen atoms in total. The van der Waals surface area contributed by atoms with Crippen LogP contribution in [0.4, 0.5) is 21.9 Å². The lowest BCUT2D eigenvalue weighted by molar-refractivity contribution is -0.138. The molecule has 0 saturated carbocycles. The van der Waals surface area contributed by atoms with Gasteiger partial charge < -0.3 is 35.1 Å². The topological polar surface area (TPSA) is 118 Å². The highest BCUT2D eigenvalue weighted by Crippen LogP contribution is 2.43. The first-order valence-electron chi connectivity index (χ1n) is 13.5. The number of nitrogens with one attached hydrogen (secondary N) is 3. The number of amides is 4. The van der Waals surface area contributed by atoms with Crippen LogP contribution in [-0.4, -0.2) is 51.0 Å². The SMILES string of the molecule is CCOC(CN1C(=O)C(CC(=O)Nc2ccc(C)cc2)(NC(=O)Nc2cccc(OC)c2)c2ccccc21)OCC. The zero-order valence-corrected chi connectivity index (χ0v) is 23.7. The van der Waals surface area contributed by atoms with Gasteiger partial charge in [-0.25, -0.2) is 4.79 Å². The fourth-order valence-electron chi connectivity index (χ4n) is 4.86. The van der Waals surface area contributed by atoms with Crippen LogP contribution in [0.5, 0.6) is 5.75 Å². The average Bonchev–Trinajstić information content (AvgIpc) is 3.17. The van der Waals surface area contributed by atoms with Gasteiger partial charge in [0.25, 0.3) is 5.91 Å². The summed E-state index contributed by atoms with van der Waals surface area (Å²) in [5, 5.41) is 8.48. The Kier molecular flexibility index (Phi) is 9.59. The highest BCUT2D eigenvalue weighted by Gasteiger charge is 2.53. The largest absolute Gasteiger partial charge is 0.497 e. The molecule has 4 amide bonds. The molecule has 3 aromatic carbocycles. The standard InChI is InChI=1S/C31H36N4O6/c1-5-40-28(41-6-2)20-35-26-13-8-7-12-25(26)31(29(35)37,19-27(36)32-22-16-14-21(3)15-17-22)34-30(38)33-23-10-9-11-24(18-23)39-4/h7-18,28H,5-6,19-20H2,1-4H3,(H,32,36)(H2,33,34,38). The third-order valence-corrected chi connectivity index (χ3v) is 6.72. The Balaban J connectivity index is 1.69. The van der Waals surface area contributed by atoms with Crippen molar-refractivity contribution in [1.82, 2.24) is 5.32 Å². The second-order valence-electron chi connectivity index (χ2n) is 9.58. The minimum absolute atomic E-state index is 0.0814. The molecule has 0 fully saturated rings. The molecule has 0 spiro atoms. The Hall–Kier alpha value is -4.41. The maximum atomic E-state index is 14.3. The molecule has 3 N–H and O–H groups in total. The molecular formula is C31H36N4O6. The first-order chi connectivity index (χ1) is 19.8. The van der Waals surface area contributed by atoms with Crippen LogP contribution in [0.1, 0.15) is 31.4 Å². The van der Waals surface area contributed by atoms with E-state index in [4.69, 9.17) is 14.2 Å². The average molecular weight is 561 g/mol. The molecule has 0 radical (unpaired) electrons. The minimum Gasteiger partial charge on any atom is -0.497 e. The van der Waals surface area contributed by atoms with Crippen molar-refractivity contribution in [3.8, 4) is 5.75 Å². The lowest BCUT2D eigenvalue weighted by Crippen LogP contribution is -2.56. The zero-order valence-electron chi connectivity index (χ0n) is 23.7. The lowest BCUT2D eigenvalue weighted by Gasteiger charge is -2.30. The van der Waals surface area contributed by atoms with E-state index in [0.717, 1.165) is 5.56 Å². The third kappa shape index (κ3) is 6.85. The molecule has 0 aromatic heterocycles. The molecule has 41 heavy (non-hydrogen) atoms. The van der Waals surface area contributed by atoms with E-state index < -0.39 is 29.7 Å². The summed E-state index contributed by atoms with van der Waals surface area (Å²) in [7, 11) is 1.53. The van der Waals surface area contributed by atoms with E-state index in [0.29, 0.717) is 41.6 Å². The van der Waals surface area contributed by atoms with Crippen LogP contribution in [0.3, 0.4) is 0 Å². The first-order valence-corrected chi connectivity index (χ1v) is 13.5. The van der Waals surface area contributed by atoms with E-state index >= 15 is 0 Å². The molecular weight excluding hydrogens is 524 g/mol. The van der Waals surface area contributed by atoms with Gasteiger partial charge in [-0.3, -0.25) is 9.59 Å². The Labute approximate surface area is 240 Å². The van der Waals surface area contributed by atoms with Gasteiger partial charge in [0.15, 0.2) is 11.8 Å². The van der Waals surface area contributed by atoms with Crippen molar-refractivity contribution in [1.29, 1.82) is 0 Å². The maximum Gasteiger partial charge on any atom is 0.320 e. The Morgan fingerprint density at radius 2 is 1.61 bits per heavy atom. The summed E-state index contributed by atoms with van der Waals surface area (Å²) >= 11 is 0. The van der Waals surface area contributed by atoms with Crippen molar-refractivity contribution < 1.29 is 28.6 Å². The predicted molar refractivity (Wildman–Crippen MR) is 157 cm³/mol. The number of ether oxygens (including phenoxy) is 3. The summed E-state index contributed by atoms with van der Waals surface area (Å²) in [6.45, 7) is 6.50. The van der Waals surface area contributed by atoms with E-state index in [2.05, 4.69) is 16.0 Å². The summed E-state index contributed by atoms with van der Waals surface area (Å²) in [4.78, 5) is 42.7. The second-order valence-corrected chi connectivity index (χ2v) is 9.58. The van der Waals surface area contributed by atoms with E-state index in [1.807, 2.05) is 32.9 Å². The Bertz CT molecular complexity index is 1370. The number of hydrogen-bond donors (Lipinski definition) is 3. The van der Waals surface area contributed by atoms with Crippen LogP contribution >= 0.6 is 0 Å². The van der Waals surface area contributed by atoms with Gasteiger partial charge in [0.2, 0.25) is 5.91 Å². The van der Waals surface area contributed by atoms with Crippen LogP contribution in [0, 0.1) is 6.92 Å². The van der Waals surface area contributed by atoms with E-state index in [-0.39, 0.29) is 13.0 Å². The van der Waals surface area contributed by atoms with E-state index in [9.17, 15) is 14.4 Å². The predicted octanol–water partition coefficient (Wildman–Crippen LogP) is 4.80. The minimum atomic E-state index is -1.70.